The summed E-state index contributed by atoms with van der Waals surface area (Å²) < 4.78 is 5.54. The summed E-state index contributed by atoms with van der Waals surface area (Å²) in [4.78, 5) is 14.3. The molecule has 1 amide bonds. The molecule has 17 heavy (non-hydrogen) atoms. The molecule has 2 rings (SSSR count). The van der Waals surface area contributed by atoms with Crippen molar-refractivity contribution < 1.29 is 9.53 Å². The summed E-state index contributed by atoms with van der Waals surface area (Å²) in [7, 11) is 0. The van der Waals surface area contributed by atoms with Crippen molar-refractivity contribution in [2.75, 3.05) is 0 Å². The third kappa shape index (κ3) is 2.93. The maximum absolute atomic E-state index is 12.2. The van der Waals surface area contributed by atoms with Gasteiger partial charge in [-0.15, -0.1) is 0 Å². The number of amides is 1. The van der Waals surface area contributed by atoms with Crippen molar-refractivity contribution in [2.45, 2.75) is 77.5 Å². The minimum atomic E-state index is -0.381. The Kier molecular flexibility index (Phi) is 3.37. The van der Waals surface area contributed by atoms with Crippen molar-refractivity contribution in [1.82, 2.24) is 4.90 Å². The zero-order valence-electron chi connectivity index (χ0n) is 11.5. The van der Waals surface area contributed by atoms with E-state index in [1.807, 2.05) is 25.7 Å². The van der Waals surface area contributed by atoms with Crippen LogP contribution in [0.2, 0.25) is 0 Å². The molecule has 2 fully saturated rings. The molecule has 2 atom stereocenters. The SMILES string of the molecule is CC1CC2CCCC(C1)N2C(=O)OC(C)(C)C. The number of piperidine rings is 2. The van der Waals surface area contributed by atoms with Crippen LogP contribution in [0, 0.1) is 5.92 Å². The van der Waals surface area contributed by atoms with E-state index in [4.69, 9.17) is 4.74 Å². The van der Waals surface area contributed by atoms with Gasteiger partial charge in [0.05, 0.1) is 0 Å². The maximum Gasteiger partial charge on any atom is 0.410 e. The number of ether oxygens (including phenoxy) is 1. The number of rotatable bonds is 0. The van der Waals surface area contributed by atoms with Crippen molar-refractivity contribution in [2.24, 2.45) is 5.92 Å². The Balaban J connectivity index is 2.07. The minimum Gasteiger partial charge on any atom is -0.444 e. The van der Waals surface area contributed by atoms with Crippen molar-refractivity contribution >= 4 is 6.09 Å². The molecule has 0 aliphatic carbocycles. The highest BCUT2D eigenvalue weighted by molar-refractivity contribution is 5.69. The van der Waals surface area contributed by atoms with Gasteiger partial charge in [-0.1, -0.05) is 6.92 Å². The molecule has 0 aromatic rings. The standard InChI is InChI=1S/C14H25NO2/c1-10-8-11-6-5-7-12(9-10)15(11)13(16)17-14(2,3)4/h10-12H,5-9H2,1-4H3. The highest BCUT2D eigenvalue weighted by Crippen LogP contribution is 2.37. The van der Waals surface area contributed by atoms with Gasteiger partial charge >= 0.3 is 6.09 Å². The highest BCUT2D eigenvalue weighted by Gasteiger charge is 2.41. The summed E-state index contributed by atoms with van der Waals surface area (Å²) in [6.07, 6.45) is 5.77. The number of hydrogen-bond donors (Lipinski definition) is 0. The van der Waals surface area contributed by atoms with Crippen LogP contribution in [0.4, 0.5) is 4.79 Å². The number of carbonyl (C=O) groups excluding carboxylic acids is 1. The maximum atomic E-state index is 12.2. The third-order valence-corrected chi connectivity index (χ3v) is 3.81. The summed E-state index contributed by atoms with van der Waals surface area (Å²) in [5.74, 6) is 0.754. The summed E-state index contributed by atoms with van der Waals surface area (Å²) >= 11 is 0. The van der Waals surface area contributed by atoms with Gasteiger partial charge in [-0.3, -0.25) is 0 Å². The monoisotopic (exact) mass is 239 g/mol. The molecule has 0 radical (unpaired) electrons. The molecule has 2 bridgehead atoms. The molecule has 0 spiro atoms. The van der Waals surface area contributed by atoms with Gasteiger partial charge in [0.2, 0.25) is 0 Å². The average molecular weight is 239 g/mol. The smallest absolute Gasteiger partial charge is 0.410 e. The average Bonchev–Trinajstić information content (AvgIpc) is 2.12. The van der Waals surface area contributed by atoms with E-state index in [0.29, 0.717) is 12.1 Å². The van der Waals surface area contributed by atoms with E-state index < -0.39 is 0 Å². The van der Waals surface area contributed by atoms with Gasteiger partial charge in [-0.2, -0.15) is 0 Å². The van der Waals surface area contributed by atoms with E-state index in [9.17, 15) is 4.79 Å². The second-order valence-corrected chi connectivity index (χ2v) is 6.70. The van der Waals surface area contributed by atoms with Gasteiger partial charge in [0.15, 0.2) is 0 Å². The number of nitrogens with zero attached hydrogens (tertiary/aromatic N) is 1. The van der Waals surface area contributed by atoms with Crippen molar-refractivity contribution in [3.05, 3.63) is 0 Å². The largest absolute Gasteiger partial charge is 0.444 e. The Labute approximate surface area is 105 Å². The Morgan fingerprint density at radius 2 is 1.71 bits per heavy atom. The lowest BCUT2D eigenvalue weighted by atomic mass is 9.79. The zero-order valence-corrected chi connectivity index (χ0v) is 11.5. The van der Waals surface area contributed by atoms with Crippen LogP contribution in [0.3, 0.4) is 0 Å². The lowest BCUT2D eigenvalue weighted by Crippen LogP contribution is -2.55. The lowest BCUT2D eigenvalue weighted by molar-refractivity contribution is -0.0263. The van der Waals surface area contributed by atoms with Crippen LogP contribution in [0.1, 0.15) is 59.8 Å². The second-order valence-electron chi connectivity index (χ2n) is 6.70. The van der Waals surface area contributed by atoms with E-state index >= 15 is 0 Å². The zero-order chi connectivity index (χ0) is 12.6. The third-order valence-electron chi connectivity index (χ3n) is 3.81. The number of carbonyl (C=O) groups is 1. The molecule has 2 aliphatic rings. The van der Waals surface area contributed by atoms with Crippen LogP contribution in [-0.4, -0.2) is 28.7 Å². The van der Waals surface area contributed by atoms with E-state index in [1.165, 1.54) is 6.42 Å². The molecule has 98 valence electrons. The van der Waals surface area contributed by atoms with Gasteiger partial charge in [-0.25, -0.2) is 4.79 Å². The molecule has 0 N–H and O–H groups in total. The first-order valence-corrected chi connectivity index (χ1v) is 6.88. The molecule has 3 heteroatoms. The molecule has 0 aromatic heterocycles. The van der Waals surface area contributed by atoms with Gasteiger partial charge in [-0.05, 0) is 58.8 Å². The summed E-state index contributed by atoms with van der Waals surface area (Å²) in [6, 6.07) is 0.847. The van der Waals surface area contributed by atoms with Crippen molar-refractivity contribution in [3.8, 4) is 0 Å². The van der Waals surface area contributed by atoms with Gasteiger partial charge in [0.1, 0.15) is 5.60 Å². The summed E-state index contributed by atoms with van der Waals surface area (Å²) in [6.45, 7) is 8.12. The fourth-order valence-electron chi connectivity index (χ4n) is 3.27. The van der Waals surface area contributed by atoms with Crippen LogP contribution in [0.5, 0.6) is 0 Å². The quantitative estimate of drug-likeness (QED) is 0.646. The minimum absolute atomic E-state index is 0.0981. The van der Waals surface area contributed by atoms with E-state index in [-0.39, 0.29) is 11.7 Å². The fraction of sp³-hybridized carbons (Fsp3) is 0.929. The molecule has 0 aromatic carbocycles. The number of fused-ring (bicyclic) bond motifs is 2. The molecule has 2 unspecified atom stereocenters. The topological polar surface area (TPSA) is 29.5 Å². The van der Waals surface area contributed by atoms with E-state index in [1.54, 1.807) is 0 Å². The predicted octanol–water partition coefficient (Wildman–Crippen LogP) is 3.57. The Morgan fingerprint density at radius 3 is 2.18 bits per heavy atom. The molecule has 2 heterocycles. The molecule has 3 nitrogen and oxygen atoms in total. The van der Waals surface area contributed by atoms with Crippen molar-refractivity contribution in [1.29, 1.82) is 0 Å². The second kappa shape index (κ2) is 4.51. The van der Waals surface area contributed by atoms with Crippen LogP contribution in [0.15, 0.2) is 0 Å². The van der Waals surface area contributed by atoms with Gasteiger partial charge in [0, 0.05) is 12.1 Å². The van der Waals surface area contributed by atoms with Gasteiger partial charge < -0.3 is 9.64 Å². The lowest BCUT2D eigenvalue weighted by Gasteiger charge is -2.48. The Morgan fingerprint density at radius 1 is 1.18 bits per heavy atom. The molecular weight excluding hydrogens is 214 g/mol. The summed E-state index contributed by atoms with van der Waals surface area (Å²) in [5, 5.41) is 0. The first kappa shape index (κ1) is 12.7. The number of hydrogen-bond acceptors (Lipinski definition) is 2. The first-order chi connectivity index (χ1) is 7.87. The van der Waals surface area contributed by atoms with E-state index in [2.05, 4.69) is 6.92 Å². The van der Waals surface area contributed by atoms with E-state index in [0.717, 1.165) is 31.6 Å². The van der Waals surface area contributed by atoms with Crippen LogP contribution in [0.25, 0.3) is 0 Å². The normalized spacial score (nSPS) is 33.4. The molecule has 0 saturated carbocycles. The molecular formula is C14H25NO2. The predicted molar refractivity (Wildman–Crippen MR) is 67.9 cm³/mol. The van der Waals surface area contributed by atoms with Crippen LogP contribution in [-0.2, 0) is 4.74 Å². The Bertz CT molecular complexity index is 281. The van der Waals surface area contributed by atoms with Crippen LogP contribution >= 0.6 is 0 Å². The first-order valence-electron chi connectivity index (χ1n) is 6.88. The Hall–Kier alpha value is -0.730. The van der Waals surface area contributed by atoms with Gasteiger partial charge in [0.25, 0.3) is 0 Å². The van der Waals surface area contributed by atoms with Crippen molar-refractivity contribution in [3.63, 3.8) is 0 Å². The molecule has 2 saturated heterocycles. The van der Waals surface area contributed by atoms with Crippen LogP contribution < -0.4 is 0 Å². The highest BCUT2D eigenvalue weighted by atomic mass is 16.6. The fourth-order valence-corrected chi connectivity index (χ4v) is 3.27. The molecule has 2 aliphatic heterocycles. The summed E-state index contributed by atoms with van der Waals surface area (Å²) in [5.41, 5.74) is -0.381.